The molecule has 1 unspecified atom stereocenters. The van der Waals surface area contributed by atoms with E-state index in [9.17, 15) is 5.11 Å². The van der Waals surface area contributed by atoms with Crippen LogP contribution in [-0.2, 0) is 6.42 Å². The van der Waals surface area contributed by atoms with Crippen LogP contribution in [0, 0.1) is 0 Å². The summed E-state index contributed by atoms with van der Waals surface area (Å²) in [6, 6.07) is 18.2. The van der Waals surface area contributed by atoms with Crippen LogP contribution >= 0.6 is 0 Å². The van der Waals surface area contributed by atoms with Crippen LogP contribution in [0.15, 0.2) is 60.3 Å². The normalized spacial score (nSPS) is 13.0. The van der Waals surface area contributed by atoms with E-state index in [1.54, 1.807) is 12.1 Å². The number of rotatable bonds is 6. The first-order valence-electron chi connectivity index (χ1n) is 7.41. The fourth-order valence-electron chi connectivity index (χ4n) is 2.35. The van der Waals surface area contributed by atoms with Crippen LogP contribution in [0.2, 0.25) is 0 Å². The largest absolute Gasteiger partial charge is 0.508 e. The van der Waals surface area contributed by atoms with E-state index in [-0.39, 0.29) is 0 Å². The topological polar surface area (TPSA) is 32.3 Å². The smallest absolute Gasteiger partial charge is 0.115 e. The van der Waals surface area contributed by atoms with Crippen molar-refractivity contribution in [3.8, 4) is 5.75 Å². The lowest BCUT2D eigenvalue weighted by atomic mass is 10.1. The van der Waals surface area contributed by atoms with Crippen molar-refractivity contribution >= 4 is 6.08 Å². The van der Waals surface area contributed by atoms with E-state index in [4.69, 9.17) is 0 Å². The molecule has 2 N–H and O–H groups in total. The third kappa shape index (κ3) is 5.35. The molecule has 0 amide bonds. The van der Waals surface area contributed by atoms with Gasteiger partial charge in [0.2, 0.25) is 0 Å². The molecule has 0 aliphatic rings. The average molecular weight is 281 g/mol. The molecule has 0 fully saturated rings. The summed E-state index contributed by atoms with van der Waals surface area (Å²) >= 11 is 0. The predicted molar refractivity (Wildman–Crippen MR) is 89.1 cm³/mol. The molecule has 0 aliphatic carbocycles. The summed E-state index contributed by atoms with van der Waals surface area (Å²) in [5.74, 6) is 0.300. The molecule has 2 rings (SSSR count). The first kappa shape index (κ1) is 15.2. The van der Waals surface area contributed by atoms with E-state index in [0.29, 0.717) is 11.8 Å². The Morgan fingerprint density at radius 1 is 1.10 bits per heavy atom. The Morgan fingerprint density at radius 3 is 2.43 bits per heavy atom. The Kier molecular flexibility index (Phi) is 5.44. The van der Waals surface area contributed by atoms with Crippen LogP contribution in [0.25, 0.3) is 6.08 Å². The lowest BCUT2D eigenvalue weighted by molar-refractivity contribution is 0.475. The molecule has 0 aliphatic heterocycles. The Labute approximate surface area is 127 Å². The maximum Gasteiger partial charge on any atom is 0.115 e. The maximum atomic E-state index is 9.28. The van der Waals surface area contributed by atoms with Gasteiger partial charge in [0.15, 0.2) is 0 Å². The fraction of sp³-hybridized carbons (Fsp3) is 0.263. The van der Waals surface area contributed by atoms with Gasteiger partial charge in [0.05, 0.1) is 0 Å². The van der Waals surface area contributed by atoms with Crippen LogP contribution in [0.5, 0.6) is 5.75 Å². The summed E-state index contributed by atoms with van der Waals surface area (Å²) in [5.41, 5.74) is 3.61. The van der Waals surface area contributed by atoms with Crippen molar-refractivity contribution in [2.75, 3.05) is 0 Å². The van der Waals surface area contributed by atoms with Crippen LogP contribution < -0.4 is 5.32 Å². The molecule has 1 atom stereocenters. The van der Waals surface area contributed by atoms with Crippen LogP contribution in [0.3, 0.4) is 0 Å². The van der Waals surface area contributed by atoms with Crippen molar-refractivity contribution in [2.24, 2.45) is 0 Å². The quantitative estimate of drug-likeness (QED) is 0.824. The minimum atomic E-state index is 0.300. The van der Waals surface area contributed by atoms with Crippen LogP contribution in [0.4, 0.5) is 0 Å². The minimum absolute atomic E-state index is 0.300. The van der Waals surface area contributed by atoms with Crippen molar-refractivity contribution in [3.05, 3.63) is 71.4 Å². The zero-order valence-corrected chi connectivity index (χ0v) is 12.7. The Balaban J connectivity index is 1.84. The third-order valence-corrected chi connectivity index (χ3v) is 3.46. The molecule has 0 bridgehead atoms. The average Bonchev–Trinajstić information content (AvgIpc) is 2.48. The highest BCUT2D eigenvalue weighted by Gasteiger charge is 2.02. The summed E-state index contributed by atoms with van der Waals surface area (Å²) in [6.07, 6.45) is 4.28. The highest BCUT2D eigenvalue weighted by Crippen LogP contribution is 2.12. The van der Waals surface area contributed by atoms with Crippen molar-refractivity contribution in [1.82, 2.24) is 5.32 Å². The molecular formula is C19H23NO. The second-order valence-electron chi connectivity index (χ2n) is 5.49. The second-order valence-corrected chi connectivity index (χ2v) is 5.49. The highest BCUT2D eigenvalue weighted by atomic mass is 16.3. The van der Waals surface area contributed by atoms with Gasteiger partial charge in [-0.3, -0.25) is 0 Å². The number of phenolic OH excluding ortho intramolecular Hbond substituents is 1. The zero-order chi connectivity index (χ0) is 15.1. The minimum Gasteiger partial charge on any atom is -0.508 e. The summed E-state index contributed by atoms with van der Waals surface area (Å²) in [7, 11) is 0. The van der Waals surface area contributed by atoms with Crippen LogP contribution in [-0.4, -0.2) is 11.1 Å². The zero-order valence-electron chi connectivity index (χ0n) is 12.7. The Bertz CT molecular complexity index is 572. The number of aryl methyl sites for hydroxylation is 1. The van der Waals surface area contributed by atoms with E-state index in [0.717, 1.165) is 24.1 Å². The fourth-order valence-corrected chi connectivity index (χ4v) is 2.35. The standard InChI is InChI=1S/C19H23NO/c1-15(8-9-17-6-4-3-5-7-17)20-16(2)14-18-10-12-19(21)13-11-18/h3-7,10-15,20-21H,8-9H2,1-2H3/b16-14+. The van der Waals surface area contributed by atoms with Gasteiger partial charge in [-0.15, -0.1) is 0 Å². The monoisotopic (exact) mass is 281 g/mol. The van der Waals surface area contributed by atoms with Gasteiger partial charge in [-0.2, -0.15) is 0 Å². The molecule has 0 saturated heterocycles. The molecule has 2 aromatic rings. The molecule has 0 spiro atoms. The number of phenols is 1. The predicted octanol–water partition coefficient (Wildman–Crippen LogP) is 4.36. The van der Waals surface area contributed by atoms with E-state index in [1.807, 2.05) is 12.1 Å². The van der Waals surface area contributed by atoms with Gasteiger partial charge in [0.1, 0.15) is 5.75 Å². The van der Waals surface area contributed by atoms with Gasteiger partial charge < -0.3 is 10.4 Å². The van der Waals surface area contributed by atoms with Crippen molar-refractivity contribution < 1.29 is 5.11 Å². The van der Waals surface area contributed by atoms with Crippen molar-refractivity contribution in [2.45, 2.75) is 32.7 Å². The molecule has 0 heterocycles. The summed E-state index contributed by atoms with van der Waals surface area (Å²) in [5, 5.41) is 12.8. The third-order valence-electron chi connectivity index (χ3n) is 3.46. The number of allylic oxidation sites excluding steroid dienone is 1. The molecule has 2 nitrogen and oxygen atoms in total. The molecule has 21 heavy (non-hydrogen) atoms. The van der Waals surface area contributed by atoms with Gasteiger partial charge in [-0.1, -0.05) is 42.5 Å². The van der Waals surface area contributed by atoms with Crippen molar-refractivity contribution in [1.29, 1.82) is 0 Å². The molecule has 0 aromatic heterocycles. The van der Waals surface area contributed by atoms with E-state index >= 15 is 0 Å². The SMILES string of the molecule is C/C(=C\c1ccc(O)cc1)NC(C)CCc1ccccc1. The summed E-state index contributed by atoms with van der Waals surface area (Å²) in [4.78, 5) is 0. The molecule has 2 heteroatoms. The Hall–Kier alpha value is -2.22. The maximum absolute atomic E-state index is 9.28. The number of aromatic hydroxyl groups is 1. The number of nitrogens with one attached hydrogen (secondary N) is 1. The first-order valence-corrected chi connectivity index (χ1v) is 7.41. The van der Waals surface area contributed by atoms with Gasteiger partial charge in [0, 0.05) is 11.7 Å². The van der Waals surface area contributed by atoms with Gasteiger partial charge in [-0.25, -0.2) is 0 Å². The second kappa shape index (κ2) is 7.53. The Morgan fingerprint density at radius 2 is 1.76 bits per heavy atom. The lowest BCUT2D eigenvalue weighted by Crippen LogP contribution is -2.24. The van der Waals surface area contributed by atoms with Gasteiger partial charge >= 0.3 is 0 Å². The molecular weight excluding hydrogens is 258 g/mol. The van der Waals surface area contributed by atoms with Crippen molar-refractivity contribution in [3.63, 3.8) is 0 Å². The molecule has 0 saturated carbocycles. The van der Waals surface area contributed by atoms with E-state index in [2.05, 4.69) is 55.6 Å². The van der Waals surface area contributed by atoms with E-state index < -0.39 is 0 Å². The molecule has 0 radical (unpaired) electrons. The number of hydrogen-bond acceptors (Lipinski definition) is 2. The molecule has 2 aromatic carbocycles. The van der Waals surface area contributed by atoms with Gasteiger partial charge in [-0.05, 0) is 56.0 Å². The van der Waals surface area contributed by atoms with Crippen LogP contribution in [0.1, 0.15) is 31.4 Å². The number of benzene rings is 2. The summed E-state index contributed by atoms with van der Waals surface area (Å²) < 4.78 is 0. The molecule has 110 valence electrons. The summed E-state index contributed by atoms with van der Waals surface area (Å²) in [6.45, 7) is 4.28. The lowest BCUT2D eigenvalue weighted by Gasteiger charge is -2.15. The van der Waals surface area contributed by atoms with Gasteiger partial charge in [0.25, 0.3) is 0 Å². The first-order chi connectivity index (χ1) is 10.1. The highest BCUT2D eigenvalue weighted by molar-refractivity contribution is 5.52. The van der Waals surface area contributed by atoms with E-state index in [1.165, 1.54) is 5.56 Å². The number of hydrogen-bond donors (Lipinski definition) is 2.